The first-order valence-corrected chi connectivity index (χ1v) is 5.50. The summed E-state index contributed by atoms with van der Waals surface area (Å²) in [5.41, 5.74) is 0. The van der Waals surface area contributed by atoms with Gasteiger partial charge in [-0.25, -0.2) is 0 Å². The van der Waals surface area contributed by atoms with Gasteiger partial charge in [-0.05, 0) is 19.8 Å². The minimum atomic E-state index is -0.214. The molecule has 0 aliphatic carbocycles. The summed E-state index contributed by atoms with van der Waals surface area (Å²) in [5, 5.41) is 2.96. The molecule has 4 nitrogen and oxygen atoms in total. The summed E-state index contributed by atoms with van der Waals surface area (Å²) in [6.45, 7) is 10.2. The van der Waals surface area contributed by atoms with E-state index in [4.69, 9.17) is 9.47 Å². The normalized spacial score (nSPS) is 11.1. The maximum atomic E-state index is 11.1. The predicted octanol–water partition coefficient (Wildman–Crippen LogP) is 1.20. The molecular weight excluding hydrogens is 194 g/mol. The highest BCUT2D eigenvalue weighted by Gasteiger charge is 2.03. The highest BCUT2D eigenvalue weighted by molar-refractivity contribution is 5.71. The van der Waals surface area contributed by atoms with E-state index in [9.17, 15) is 4.79 Å². The van der Waals surface area contributed by atoms with Crippen LogP contribution in [0.4, 0.5) is 0 Å². The average Bonchev–Trinajstić information content (AvgIpc) is 2.09. The van der Waals surface area contributed by atoms with Crippen molar-refractivity contribution in [2.75, 3.05) is 26.3 Å². The van der Waals surface area contributed by atoms with Gasteiger partial charge in [0, 0.05) is 13.2 Å². The Hall–Kier alpha value is -0.610. The lowest BCUT2D eigenvalue weighted by atomic mass is 10.2. The number of rotatable bonds is 8. The summed E-state index contributed by atoms with van der Waals surface area (Å²) in [6, 6.07) is 0. The molecule has 0 aliphatic rings. The average molecular weight is 217 g/mol. The van der Waals surface area contributed by atoms with E-state index in [0.717, 1.165) is 6.61 Å². The predicted molar refractivity (Wildman–Crippen MR) is 59.8 cm³/mol. The van der Waals surface area contributed by atoms with Crippen molar-refractivity contribution in [2.24, 2.45) is 5.92 Å². The van der Waals surface area contributed by atoms with Gasteiger partial charge < -0.3 is 14.8 Å². The van der Waals surface area contributed by atoms with Crippen LogP contribution in [0.1, 0.15) is 27.7 Å². The largest absolute Gasteiger partial charge is 0.462 e. The highest BCUT2D eigenvalue weighted by atomic mass is 16.5. The van der Waals surface area contributed by atoms with Gasteiger partial charge in [0.15, 0.2) is 0 Å². The maximum Gasteiger partial charge on any atom is 0.320 e. The van der Waals surface area contributed by atoms with Gasteiger partial charge in [0.25, 0.3) is 0 Å². The van der Waals surface area contributed by atoms with E-state index < -0.39 is 0 Å². The molecule has 0 aliphatic heterocycles. The Labute approximate surface area is 92.3 Å². The van der Waals surface area contributed by atoms with E-state index in [1.807, 2.05) is 13.8 Å². The molecule has 15 heavy (non-hydrogen) atoms. The van der Waals surface area contributed by atoms with Crippen molar-refractivity contribution in [3.8, 4) is 0 Å². The zero-order valence-electron chi connectivity index (χ0n) is 10.2. The van der Waals surface area contributed by atoms with Crippen LogP contribution in [0.5, 0.6) is 0 Å². The molecule has 0 aromatic rings. The second-order valence-corrected chi connectivity index (χ2v) is 4.18. The van der Waals surface area contributed by atoms with Crippen LogP contribution < -0.4 is 5.32 Å². The Kier molecular flexibility index (Phi) is 8.33. The molecule has 0 amide bonds. The second kappa shape index (κ2) is 8.68. The minimum absolute atomic E-state index is 0.0449. The van der Waals surface area contributed by atoms with Gasteiger partial charge in [0.1, 0.15) is 0 Å². The Morgan fingerprint density at radius 1 is 1.27 bits per heavy atom. The molecule has 1 N–H and O–H groups in total. The van der Waals surface area contributed by atoms with Crippen LogP contribution in [0.3, 0.4) is 0 Å². The number of carbonyl (C=O) groups is 1. The monoisotopic (exact) mass is 217 g/mol. The van der Waals surface area contributed by atoms with E-state index in [-0.39, 0.29) is 18.6 Å². The quantitative estimate of drug-likeness (QED) is 0.490. The van der Waals surface area contributed by atoms with Crippen molar-refractivity contribution in [2.45, 2.75) is 33.8 Å². The number of ether oxygens (including phenoxy) is 2. The third-order valence-electron chi connectivity index (χ3n) is 1.51. The van der Waals surface area contributed by atoms with Gasteiger partial charge in [0.05, 0.1) is 19.3 Å². The fraction of sp³-hybridized carbons (Fsp3) is 0.909. The van der Waals surface area contributed by atoms with E-state index in [1.54, 1.807) is 0 Å². The Morgan fingerprint density at radius 2 is 1.93 bits per heavy atom. The smallest absolute Gasteiger partial charge is 0.320 e. The molecule has 0 fully saturated rings. The van der Waals surface area contributed by atoms with Crippen LogP contribution in [-0.2, 0) is 14.3 Å². The third kappa shape index (κ3) is 11.3. The fourth-order valence-corrected chi connectivity index (χ4v) is 0.958. The number of carbonyl (C=O) groups excluding carboxylic acids is 1. The molecule has 0 bridgehead atoms. The Morgan fingerprint density at radius 3 is 2.47 bits per heavy atom. The van der Waals surface area contributed by atoms with Crippen molar-refractivity contribution >= 4 is 5.97 Å². The number of esters is 1. The van der Waals surface area contributed by atoms with Gasteiger partial charge in [-0.2, -0.15) is 0 Å². The van der Waals surface area contributed by atoms with Crippen LogP contribution >= 0.6 is 0 Å². The second-order valence-electron chi connectivity index (χ2n) is 4.18. The lowest BCUT2D eigenvalue weighted by Crippen LogP contribution is -2.29. The van der Waals surface area contributed by atoms with Crippen LogP contribution in [0.15, 0.2) is 0 Å². The van der Waals surface area contributed by atoms with Crippen molar-refractivity contribution in [3.63, 3.8) is 0 Å². The Balaban J connectivity index is 3.20. The SMILES string of the molecule is CC(C)COCCNCC(=O)OC(C)C. The van der Waals surface area contributed by atoms with Gasteiger partial charge in [-0.3, -0.25) is 4.79 Å². The van der Waals surface area contributed by atoms with Crippen molar-refractivity contribution in [3.05, 3.63) is 0 Å². The number of hydrogen-bond acceptors (Lipinski definition) is 4. The lowest BCUT2D eigenvalue weighted by Gasteiger charge is -2.09. The van der Waals surface area contributed by atoms with Crippen LogP contribution in [0.2, 0.25) is 0 Å². The summed E-state index contributed by atoms with van der Waals surface area (Å²) in [5.74, 6) is 0.338. The number of hydrogen-bond donors (Lipinski definition) is 1. The van der Waals surface area contributed by atoms with E-state index in [1.165, 1.54) is 0 Å². The summed E-state index contributed by atoms with van der Waals surface area (Å²) in [4.78, 5) is 11.1. The molecule has 0 aromatic heterocycles. The highest BCUT2D eigenvalue weighted by Crippen LogP contribution is 1.91. The van der Waals surface area contributed by atoms with E-state index in [2.05, 4.69) is 19.2 Å². The minimum Gasteiger partial charge on any atom is -0.462 e. The van der Waals surface area contributed by atoms with E-state index >= 15 is 0 Å². The summed E-state index contributed by atoms with van der Waals surface area (Å²) < 4.78 is 10.3. The first-order chi connectivity index (χ1) is 7.02. The molecule has 90 valence electrons. The van der Waals surface area contributed by atoms with Gasteiger partial charge in [-0.15, -0.1) is 0 Å². The molecule has 0 unspecified atom stereocenters. The molecule has 0 radical (unpaired) electrons. The first-order valence-electron chi connectivity index (χ1n) is 5.50. The van der Waals surface area contributed by atoms with E-state index in [0.29, 0.717) is 19.1 Å². The maximum absolute atomic E-state index is 11.1. The van der Waals surface area contributed by atoms with Crippen molar-refractivity contribution in [1.29, 1.82) is 0 Å². The molecule has 0 saturated heterocycles. The van der Waals surface area contributed by atoms with Gasteiger partial charge in [-0.1, -0.05) is 13.8 Å². The molecule has 0 spiro atoms. The standard InChI is InChI=1S/C11H23NO3/c1-9(2)8-14-6-5-12-7-11(13)15-10(3)4/h9-10,12H,5-8H2,1-4H3. The third-order valence-corrected chi connectivity index (χ3v) is 1.51. The summed E-state index contributed by atoms with van der Waals surface area (Å²) in [6.07, 6.45) is -0.0449. The van der Waals surface area contributed by atoms with Gasteiger partial charge >= 0.3 is 5.97 Å². The molecule has 0 heterocycles. The first kappa shape index (κ1) is 14.4. The van der Waals surface area contributed by atoms with Crippen molar-refractivity contribution in [1.82, 2.24) is 5.32 Å². The van der Waals surface area contributed by atoms with Crippen LogP contribution in [0, 0.1) is 5.92 Å². The molecular formula is C11H23NO3. The number of nitrogens with one attached hydrogen (secondary N) is 1. The summed E-state index contributed by atoms with van der Waals surface area (Å²) in [7, 11) is 0. The zero-order chi connectivity index (χ0) is 11.7. The molecule has 0 saturated carbocycles. The molecule has 0 atom stereocenters. The van der Waals surface area contributed by atoms with Crippen LogP contribution in [0.25, 0.3) is 0 Å². The zero-order valence-corrected chi connectivity index (χ0v) is 10.2. The van der Waals surface area contributed by atoms with Crippen LogP contribution in [-0.4, -0.2) is 38.4 Å². The Bertz CT molecular complexity index is 169. The topological polar surface area (TPSA) is 47.6 Å². The molecule has 4 heteroatoms. The fourth-order valence-electron chi connectivity index (χ4n) is 0.958. The summed E-state index contributed by atoms with van der Waals surface area (Å²) >= 11 is 0. The molecule has 0 aromatic carbocycles. The lowest BCUT2D eigenvalue weighted by molar-refractivity contribution is -0.146. The van der Waals surface area contributed by atoms with Gasteiger partial charge in [0.2, 0.25) is 0 Å². The molecule has 0 rings (SSSR count). The van der Waals surface area contributed by atoms with Crippen molar-refractivity contribution < 1.29 is 14.3 Å².